The summed E-state index contributed by atoms with van der Waals surface area (Å²) in [6, 6.07) is 20.5. The number of methoxy groups -OCH3 is 2. The molecule has 0 saturated heterocycles. The summed E-state index contributed by atoms with van der Waals surface area (Å²) in [4.78, 5) is 19.8. The first kappa shape index (κ1) is 23.9. The average Bonchev–Trinajstić information content (AvgIpc) is 3.22. The van der Waals surface area contributed by atoms with Crippen molar-refractivity contribution in [2.75, 3.05) is 14.2 Å². The molecule has 3 aromatic carbocycles. The second-order valence-corrected chi connectivity index (χ2v) is 11.1. The molecule has 2 heterocycles. The van der Waals surface area contributed by atoms with Gasteiger partial charge >= 0.3 is 0 Å². The van der Waals surface area contributed by atoms with Crippen LogP contribution in [0.4, 0.5) is 0 Å². The van der Waals surface area contributed by atoms with E-state index in [2.05, 4.69) is 71.4 Å². The number of fused-ring (bicyclic) bond motifs is 3. The van der Waals surface area contributed by atoms with Crippen molar-refractivity contribution in [1.29, 1.82) is 0 Å². The minimum atomic E-state index is -0.188. The minimum Gasteiger partial charge on any atom is -0.496 e. The molecule has 0 fully saturated rings. The van der Waals surface area contributed by atoms with Crippen molar-refractivity contribution in [3.63, 3.8) is 0 Å². The Bertz CT molecular complexity index is 1750. The van der Waals surface area contributed by atoms with Crippen molar-refractivity contribution in [2.24, 2.45) is 4.99 Å². The number of hydrogen-bond acceptors (Lipinski definition) is 5. The van der Waals surface area contributed by atoms with E-state index in [1.165, 1.54) is 33.6 Å². The first-order chi connectivity index (χ1) is 18.0. The fraction of sp³-hybridized carbons (Fsp3) is 0.200. The molecule has 0 saturated carbocycles. The Kier molecular flexibility index (Phi) is 6.13. The third-order valence-corrected chi connectivity index (χ3v) is 8.66. The Balaban J connectivity index is 1.61. The van der Waals surface area contributed by atoms with Gasteiger partial charge in [0.2, 0.25) is 0 Å². The molecule has 1 atom stereocenters. The Morgan fingerprint density at radius 1 is 1.03 bits per heavy atom. The number of benzene rings is 3. The predicted octanol–water partition coefficient (Wildman–Crippen LogP) is 5.41. The van der Waals surface area contributed by atoms with Crippen LogP contribution in [-0.2, 0) is 6.42 Å². The van der Waals surface area contributed by atoms with Crippen molar-refractivity contribution in [3.8, 4) is 11.5 Å². The molecule has 6 rings (SSSR count). The van der Waals surface area contributed by atoms with Crippen molar-refractivity contribution < 1.29 is 9.47 Å². The molecule has 4 aromatic rings. The lowest BCUT2D eigenvalue weighted by molar-refractivity contribution is 0.392. The summed E-state index contributed by atoms with van der Waals surface area (Å²) in [7, 11) is 3.23. The number of aryl methyl sites for hydroxylation is 2. The molecule has 1 unspecified atom stereocenters. The number of aromatic nitrogens is 1. The van der Waals surface area contributed by atoms with Gasteiger partial charge in [0.25, 0.3) is 5.56 Å². The molecule has 186 valence electrons. The number of hydrogen-bond donors (Lipinski definition) is 0. The summed E-state index contributed by atoms with van der Waals surface area (Å²) in [6.07, 6.45) is 3.70. The van der Waals surface area contributed by atoms with Gasteiger partial charge in [-0.15, -0.1) is 0 Å². The predicted molar refractivity (Wildman–Crippen MR) is 151 cm³/mol. The average molecular weight is 574 g/mol. The van der Waals surface area contributed by atoms with Gasteiger partial charge in [0.1, 0.15) is 11.5 Å². The maximum atomic E-state index is 14.0. The Hall–Kier alpha value is -3.42. The topological polar surface area (TPSA) is 52.8 Å². The Morgan fingerprint density at radius 2 is 1.78 bits per heavy atom. The van der Waals surface area contributed by atoms with Gasteiger partial charge in [-0.1, -0.05) is 65.4 Å². The quantitative estimate of drug-likeness (QED) is 0.328. The van der Waals surface area contributed by atoms with Crippen molar-refractivity contribution in [1.82, 2.24) is 4.57 Å². The van der Waals surface area contributed by atoms with E-state index in [-0.39, 0.29) is 11.6 Å². The van der Waals surface area contributed by atoms with E-state index < -0.39 is 0 Å². The third kappa shape index (κ3) is 4.06. The minimum absolute atomic E-state index is 0.0475. The fourth-order valence-corrected chi connectivity index (χ4v) is 6.72. The van der Waals surface area contributed by atoms with Gasteiger partial charge in [-0.25, -0.2) is 4.99 Å². The highest BCUT2D eigenvalue weighted by molar-refractivity contribution is 9.10. The van der Waals surface area contributed by atoms with Gasteiger partial charge in [0, 0.05) is 17.2 Å². The highest BCUT2D eigenvalue weighted by Crippen LogP contribution is 2.41. The van der Waals surface area contributed by atoms with E-state index >= 15 is 0 Å². The van der Waals surface area contributed by atoms with Crippen LogP contribution in [-0.4, -0.2) is 18.8 Å². The number of thiazole rings is 1. The third-order valence-electron chi connectivity index (χ3n) is 7.06. The normalized spacial score (nSPS) is 16.5. The summed E-state index contributed by atoms with van der Waals surface area (Å²) in [5.74, 6) is 1.30. The summed E-state index contributed by atoms with van der Waals surface area (Å²) in [5.41, 5.74) is 7.71. The standard InChI is InChI=1S/C30H25BrN2O3S/c1-17-8-10-19(11-9-17)28-22-13-12-18-6-4-5-7-21(18)27(22)32-30-33(28)29(34)26(37-30)15-20-14-23(31)25(36-3)16-24(20)35-2/h4-11,14-16,28H,12-13H2,1-3H3. The van der Waals surface area contributed by atoms with Crippen molar-refractivity contribution in [3.05, 3.63) is 118 Å². The van der Waals surface area contributed by atoms with Crippen LogP contribution in [0, 0.1) is 6.92 Å². The molecule has 0 amide bonds. The summed E-state index contributed by atoms with van der Waals surface area (Å²) >= 11 is 4.97. The molecule has 0 spiro atoms. The molecular formula is C30H25BrN2O3S. The number of ether oxygens (including phenoxy) is 2. The molecule has 0 bridgehead atoms. The van der Waals surface area contributed by atoms with E-state index in [1.807, 2.05) is 22.8 Å². The van der Waals surface area contributed by atoms with Crippen LogP contribution in [0.1, 0.15) is 40.3 Å². The number of halogens is 1. The van der Waals surface area contributed by atoms with Gasteiger partial charge in [0.05, 0.1) is 35.0 Å². The van der Waals surface area contributed by atoms with Gasteiger partial charge in [0.15, 0.2) is 4.80 Å². The Labute approximate surface area is 227 Å². The van der Waals surface area contributed by atoms with Crippen molar-refractivity contribution >= 4 is 39.0 Å². The smallest absolute Gasteiger partial charge is 0.271 e. The lowest BCUT2D eigenvalue weighted by Gasteiger charge is -2.30. The largest absolute Gasteiger partial charge is 0.496 e. The molecule has 0 N–H and O–H groups in total. The molecule has 1 aliphatic carbocycles. The molecule has 5 nitrogen and oxygen atoms in total. The maximum Gasteiger partial charge on any atom is 0.271 e. The lowest BCUT2D eigenvalue weighted by atomic mass is 9.83. The van der Waals surface area contributed by atoms with Gasteiger partial charge in [-0.05, 0) is 64.5 Å². The SMILES string of the molecule is COc1cc(OC)c(C=c2sc3n(c2=O)C(c2ccc(C)cc2)C2=C(N=3)c3ccccc3CC2)cc1Br. The van der Waals surface area contributed by atoms with Crippen LogP contribution in [0.15, 0.2) is 80.5 Å². The zero-order valence-electron chi connectivity index (χ0n) is 20.7. The van der Waals surface area contributed by atoms with Crippen LogP contribution in [0.2, 0.25) is 0 Å². The summed E-state index contributed by atoms with van der Waals surface area (Å²) in [6.45, 7) is 2.08. The molecule has 0 radical (unpaired) electrons. The van der Waals surface area contributed by atoms with Crippen LogP contribution in [0.25, 0.3) is 11.8 Å². The first-order valence-electron chi connectivity index (χ1n) is 12.1. The zero-order valence-corrected chi connectivity index (χ0v) is 23.2. The lowest BCUT2D eigenvalue weighted by Crippen LogP contribution is -2.38. The number of nitrogens with zero attached hydrogens (tertiary/aromatic N) is 2. The Morgan fingerprint density at radius 3 is 2.54 bits per heavy atom. The van der Waals surface area contributed by atoms with Crippen LogP contribution < -0.4 is 24.4 Å². The highest BCUT2D eigenvalue weighted by Gasteiger charge is 2.32. The first-order valence-corrected chi connectivity index (χ1v) is 13.7. The maximum absolute atomic E-state index is 14.0. The molecule has 1 aliphatic heterocycles. The van der Waals surface area contributed by atoms with Crippen molar-refractivity contribution in [2.45, 2.75) is 25.8 Å². The van der Waals surface area contributed by atoms with E-state index in [4.69, 9.17) is 14.5 Å². The molecule has 2 aliphatic rings. The van der Waals surface area contributed by atoms with Crippen LogP contribution in [0.3, 0.4) is 0 Å². The van der Waals surface area contributed by atoms with Crippen LogP contribution in [0.5, 0.6) is 11.5 Å². The molecule has 1 aromatic heterocycles. The number of allylic oxidation sites excluding steroid dienone is 1. The monoisotopic (exact) mass is 572 g/mol. The fourth-order valence-electron chi connectivity index (χ4n) is 5.21. The molecular weight excluding hydrogens is 548 g/mol. The van der Waals surface area contributed by atoms with Gasteiger partial charge < -0.3 is 9.47 Å². The molecule has 7 heteroatoms. The van der Waals surface area contributed by atoms with Gasteiger partial charge in [-0.2, -0.15) is 0 Å². The van der Waals surface area contributed by atoms with E-state index in [0.29, 0.717) is 20.8 Å². The van der Waals surface area contributed by atoms with Crippen LogP contribution >= 0.6 is 27.3 Å². The number of rotatable bonds is 4. The zero-order chi connectivity index (χ0) is 25.7. The molecule has 37 heavy (non-hydrogen) atoms. The highest BCUT2D eigenvalue weighted by atomic mass is 79.9. The van der Waals surface area contributed by atoms with E-state index in [0.717, 1.165) is 34.1 Å². The second kappa shape index (κ2) is 9.47. The van der Waals surface area contributed by atoms with E-state index in [1.54, 1.807) is 14.2 Å². The second-order valence-electron chi connectivity index (χ2n) is 9.25. The van der Waals surface area contributed by atoms with E-state index in [9.17, 15) is 4.79 Å². The van der Waals surface area contributed by atoms with Gasteiger partial charge in [-0.3, -0.25) is 9.36 Å². The summed E-state index contributed by atoms with van der Waals surface area (Å²) in [5, 5.41) is 0. The summed E-state index contributed by atoms with van der Waals surface area (Å²) < 4.78 is 14.3.